The first kappa shape index (κ1) is 21.4. The SMILES string of the molecule is O=C(C#CCNC(=O)OCC1c2ccccc2-c2ccccc21)NC(C(=O)O)C1CCC1. The lowest BCUT2D eigenvalue weighted by molar-refractivity contribution is -0.143. The Hall–Kier alpha value is -3.79. The van der Waals surface area contributed by atoms with Gasteiger partial charge < -0.3 is 20.5 Å². The lowest BCUT2D eigenvalue weighted by Crippen LogP contribution is -2.47. The molecule has 2 aliphatic carbocycles. The maximum atomic E-state index is 12.1. The van der Waals surface area contributed by atoms with E-state index in [9.17, 15) is 19.5 Å². The van der Waals surface area contributed by atoms with Gasteiger partial charge >= 0.3 is 12.1 Å². The molecule has 1 atom stereocenters. The van der Waals surface area contributed by atoms with Crippen LogP contribution in [0.5, 0.6) is 0 Å². The molecule has 164 valence electrons. The van der Waals surface area contributed by atoms with E-state index in [0.717, 1.165) is 41.5 Å². The summed E-state index contributed by atoms with van der Waals surface area (Å²) in [6, 6.07) is 15.2. The molecule has 0 bridgehead atoms. The minimum absolute atomic E-state index is 0.0375. The molecule has 1 unspecified atom stereocenters. The van der Waals surface area contributed by atoms with E-state index in [1.165, 1.54) is 0 Å². The van der Waals surface area contributed by atoms with E-state index >= 15 is 0 Å². The first-order valence-corrected chi connectivity index (χ1v) is 10.7. The second-order valence-electron chi connectivity index (χ2n) is 7.96. The highest BCUT2D eigenvalue weighted by Crippen LogP contribution is 2.44. The van der Waals surface area contributed by atoms with Crippen molar-refractivity contribution in [1.82, 2.24) is 10.6 Å². The van der Waals surface area contributed by atoms with E-state index in [-0.39, 0.29) is 25.0 Å². The molecule has 0 heterocycles. The summed E-state index contributed by atoms with van der Waals surface area (Å²) in [7, 11) is 0. The predicted octanol–water partition coefficient (Wildman–Crippen LogP) is 2.90. The van der Waals surface area contributed by atoms with E-state index in [0.29, 0.717) is 0 Å². The highest BCUT2D eigenvalue weighted by atomic mass is 16.5. The number of carboxylic acids is 1. The largest absolute Gasteiger partial charge is 0.480 e. The topological polar surface area (TPSA) is 105 Å². The van der Waals surface area contributed by atoms with Gasteiger partial charge in [0.05, 0.1) is 6.54 Å². The van der Waals surface area contributed by atoms with Crippen molar-refractivity contribution in [3.8, 4) is 23.0 Å². The maximum absolute atomic E-state index is 12.1. The van der Waals surface area contributed by atoms with Gasteiger partial charge in [-0.15, -0.1) is 0 Å². The lowest BCUT2D eigenvalue weighted by Gasteiger charge is -2.30. The molecule has 0 radical (unpaired) electrons. The quantitative estimate of drug-likeness (QED) is 0.609. The summed E-state index contributed by atoms with van der Waals surface area (Å²) in [6.45, 7) is 0.112. The number of carbonyl (C=O) groups excluding carboxylic acids is 2. The van der Waals surface area contributed by atoms with Crippen molar-refractivity contribution >= 4 is 18.0 Å². The molecule has 0 aromatic heterocycles. The summed E-state index contributed by atoms with van der Waals surface area (Å²) < 4.78 is 5.40. The number of carbonyl (C=O) groups is 3. The third kappa shape index (κ3) is 4.59. The fourth-order valence-corrected chi connectivity index (χ4v) is 4.22. The number of hydrogen-bond acceptors (Lipinski definition) is 4. The Bertz CT molecular complexity index is 1050. The van der Waals surface area contributed by atoms with Crippen LogP contribution in [-0.2, 0) is 14.3 Å². The van der Waals surface area contributed by atoms with Crippen LogP contribution in [0, 0.1) is 17.8 Å². The fourth-order valence-electron chi connectivity index (χ4n) is 4.22. The Morgan fingerprint density at radius 3 is 2.22 bits per heavy atom. The van der Waals surface area contributed by atoms with E-state index in [1.54, 1.807) is 0 Å². The Morgan fingerprint density at radius 2 is 1.66 bits per heavy atom. The molecule has 32 heavy (non-hydrogen) atoms. The van der Waals surface area contributed by atoms with Crippen molar-refractivity contribution in [3.63, 3.8) is 0 Å². The van der Waals surface area contributed by atoms with Crippen LogP contribution in [0.1, 0.15) is 36.3 Å². The van der Waals surface area contributed by atoms with Crippen LogP contribution < -0.4 is 10.6 Å². The first-order chi connectivity index (χ1) is 15.5. The zero-order chi connectivity index (χ0) is 22.5. The molecule has 0 saturated heterocycles. The van der Waals surface area contributed by atoms with Crippen LogP contribution in [-0.4, -0.2) is 42.3 Å². The normalized spacial score (nSPS) is 15.2. The zero-order valence-corrected chi connectivity index (χ0v) is 17.5. The Morgan fingerprint density at radius 1 is 1.03 bits per heavy atom. The van der Waals surface area contributed by atoms with Crippen molar-refractivity contribution in [2.45, 2.75) is 31.2 Å². The van der Waals surface area contributed by atoms with Gasteiger partial charge in [-0.25, -0.2) is 9.59 Å². The summed E-state index contributed by atoms with van der Waals surface area (Å²) in [6.07, 6.45) is 1.92. The molecule has 0 aliphatic heterocycles. The molecule has 1 saturated carbocycles. The van der Waals surface area contributed by atoms with Gasteiger partial charge in [0.25, 0.3) is 5.91 Å². The standard InChI is InChI=1S/C25H24N2O5/c28-22(27-23(24(29)30)16-7-5-8-16)13-6-14-26-25(31)32-15-21-19-11-3-1-9-17(19)18-10-2-4-12-20(18)21/h1-4,9-12,16,21,23H,5,7-8,14-15H2,(H,26,31)(H,27,28)(H,29,30). The molecular weight excluding hydrogens is 408 g/mol. The molecule has 2 aromatic carbocycles. The Labute approximate surface area is 186 Å². The molecular formula is C25H24N2O5. The number of aliphatic carboxylic acids is 1. The van der Waals surface area contributed by atoms with Crippen molar-refractivity contribution in [2.75, 3.05) is 13.2 Å². The van der Waals surface area contributed by atoms with Gasteiger partial charge in [0.2, 0.25) is 0 Å². The van der Waals surface area contributed by atoms with Crippen LogP contribution in [0.15, 0.2) is 48.5 Å². The number of fused-ring (bicyclic) bond motifs is 3. The molecule has 2 aromatic rings. The van der Waals surface area contributed by atoms with Gasteiger partial charge in [-0.2, -0.15) is 0 Å². The van der Waals surface area contributed by atoms with Crippen LogP contribution in [0.25, 0.3) is 11.1 Å². The Balaban J connectivity index is 1.26. The van der Waals surface area contributed by atoms with Crippen molar-refractivity contribution in [2.24, 2.45) is 5.92 Å². The summed E-state index contributed by atoms with van der Waals surface area (Å²) in [4.78, 5) is 35.3. The smallest absolute Gasteiger partial charge is 0.407 e. The van der Waals surface area contributed by atoms with E-state index < -0.39 is 24.0 Å². The van der Waals surface area contributed by atoms with Crippen molar-refractivity contribution < 1.29 is 24.2 Å². The summed E-state index contributed by atoms with van der Waals surface area (Å²) in [5.41, 5.74) is 4.54. The number of amides is 2. The molecule has 4 rings (SSSR count). The van der Waals surface area contributed by atoms with Crippen LogP contribution in [0.4, 0.5) is 4.79 Å². The van der Waals surface area contributed by atoms with Gasteiger partial charge in [0.15, 0.2) is 0 Å². The van der Waals surface area contributed by atoms with Gasteiger partial charge in [-0.1, -0.05) is 60.9 Å². The molecule has 2 amide bonds. The highest BCUT2D eigenvalue weighted by molar-refractivity contribution is 5.96. The second-order valence-corrected chi connectivity index (χ2v) is 7.96. The first-order valence-electron chi connectivity index (χ1n) is 10.7. The lowest BCUT2D eigenvalue weighted by atomic mass is 9.79. The number of benzene rings is 2. The van der Waals surface area contributed by atoms with Crippen molar-refractivity contribution in [1.29, 1.82) is 0 Å². The maximum Gasteiger partial charge on any atom is 0.407 e. The average molecular weight is 432 g/mol. The number of rotatable bonds is 6. The van der Waals surface area contributed by atoms with E-state index in [2.05, 4.69) is 34.6 Å². The molecule has 7 nitrogen and oxygen atoms in total. The fraction of sp³-hybridized carbons (Fsp3) is 0.320. The van der Waals surface area contributed by atoms with Gasteiger partial charge in [0, 0.05) is 5.92 Å². The highest BCUT2D eigenvalue weighted by Gasteiger charge is 2.33. The predicted molar refractivity (Wildman–Crippen MR) is 118 cm³/mol. The van der Waals surface area contributed by atoms with Crippen LogP contribution >= 0.6 is 0 Å². The van der Waals surface area contributed by atoms with Crippen molar-refractivity contribution in [3.05, 3.63) is 59.7 Å². The number of ether oxygens (including phenoxy) is 1. The number of carboxylic acid groups (broad SMARTS) is 1. The van der Waals surface area contributed by atoms with Gasteiger partial charge in [-0.05, 0) is 46.9 Å². The number of hydrogen-bond donors (Lipinski definition) is 3. The minimum atomic E-state index is -1.05. The third-order valence-corrected chi connectivity index (χ3v) is 6.04. The van der Waals surface area contributed by atoms with Crippen LogP contribution in [0.2, 0.25) is 0 Å². The van der Waals surface area contributed by atoms with E-state index in [4.69, 9.17) is 4.74 Å². The van der Waals surface area contributed by atoms with Gasteiger partial charge in [-0.3, -0.25) is 4.79 Å². The molecule has 3 N–H and O–H groups in total. The number of alkyl carbamates (subject to hydrolysis) is 1. The molecule has 7 heteroatoms. The third-order valence-electron chi connectivity index (χ3n) is 6.04. The summed E-state index contributed by atoms with van der Waals surface area (Å²) >= 11 is 0. The summed E-state index contributed by atoms with van der Waals surface area (Å²) in [5, 5.41) is 14.2. The monoisotopic (exact) mass is 432 g/mol. The van der Waals surface area contributed by atoms with E-state index in [1.807, 2.05) is 36.4 Å². The second kappa shape index (κ2) is 9.56. The summed E-state index contributed by atoms with van der Waals surface area (Å²) in [5.74, 6) is 3.04. The van der Waals surface area contributed by atoms with Crippen LogP contribution in [0.3, 0.4) is 0 Å². The molecule has 0 spiro atoms. The van der Waals surface area contributed by atoms with Gasteiger partial charge in [0.1, 0.15) is 12.6 Å². The molecule has 1 fully saturated rings. The minimum Gasteiger partial charge on any atom is -0.480 e. The Kier molecular flexibility index (Phi) is 6.41. The average Bonchev–Trinajstić information content (AvgIpc) is 3.07. The zero-order valence-electron chi connectivity index (χ0n) is 17.5. The number of nitrogens with one attached hydrogen (secondary N) is 2. The molecule has 2 aliphatic rings.